The van der Waals surface area contributed by atoms with Crippen molar-refractivity contribution in [3.63, 3.8) is 0 Å². The van der Waals surface area contributed by atoms with Crippen molar-refractivity contribution in [2.75, 3.05) is 25.5 Å². The minimum absolute atomic E-state index is 0.0915. The van der Waals surface area contributed by atoms with Crippen LogP contribution in [-0.4, -0.2) is 47.1 Å². The Morgan fingerprint density at radius 2 is 1.90 bits per heavy atom. The second kappa shape index (κ2) is 9.68. The largest absolute Gasteiger partial charge is 0.478 e. The molecule has 0 unspecified atom stereocenters. The number of piperidine rings is 1. The molecule has 1 aliphatic rings. The van der Waals surface area contributed by atoms with E-state index in [2.05, 4.69) is 49.8 Å². The molecule has 0 bridgehead atoms. The maximum absolute atomic E-state index is 12.6. The molecular weight excluding hydrogens is 437 g/mol. The number of halogens is 2. The highest BCUT2D eigenvalue weighted by molar-refractivity contribution is 6.38. The third-order valence-corrected chi connectivity index (χ3v) is 5.76. The van der Waals surface area contributed by atoms with E-state index in [0.717, 1.165) is 32.5 Å². The Kier molecular flexibility index (Phi) is 6.75. The van der Waals surface area contributed by atoms with Crippen LogP contribution in [0.2, 0.25) is 10.0 Å². The fraction of sp³-hybridized carbons (Fsp3) is 0.318. The minimum atomic E-state index is -0.349. The molecule has 0 spiro atoms. The number of anilines is 1. The number of likely N-dealkylation sites (tertiary alicyclic amines) is 1. The molecule has 1 saturated heterocycles. The van der Waals surface area contributed by atoms with Crippen LogP contribution in [0.15, 0.2) is 42.5 Å². The van der Waals surface area contributed by atoms with Crippen molar-refractivity contribution in [1.29, 1.82) is 0 Å². The lowest BCUT2D eigenvalue weighted by Gasteiger charge is -2.32. The summed E-state index contributed by atoms with van der Waals surface area (Å²) in [5.74, 6) is 0.400. The van der Waals surface area contributed by atoms with Crippen LogP contribution < -0.4 is 15.4 Å². The molecule has 31 heavy (non-hydrogen) atoms. The monoisotopic (exact) mass is 459 g/mol. The maximum atomic E-state index is 12.6. The molecule has 0 aliphatic carbocycles. The number of nitrogens with one attached hydrogen (secondary N) is 2. The number of nitrogens with zero attached hydrogens (tertiary/aromatic N) is 3. The number of carbonyl (C=O) groups is 1. The Hall–Kier alpha value is -2.61. The zero-order valence-electron chi connectivity index (χ0n) is 17.1. The van der Waals surface area contributed by atoms with Gasteiger partial charge in [0, 0.05) is 30.7 Å². The molecule has 0 atom stereocenters. The molecule has 1 aromatic heterocycles. The van der Waals surface area contributed by atoms with Gasteiger partial charge >= 0.3 is 6.03 Å². The molecule has 9 heteroatoms. The number of hydrogen-bond acceptors (Lipinski definition) is 5. The molecule has 2 amide bonds. The van der Waals surface area contributed by atoms with Crippen LogP contribution in [0.25, 0.3) is 11.0 Å². The van der Waals surface area contributed by atoms with Crippen LogP contribution in [0.3, 0.4) is 0 Å². The van der Waals surface area contributed by atoms with Gasteiger partial charge in [0.05, 0.1) is 17.6 Å². The molecule has 7 nitrogen and oxygen atoms in total. The number of fused-ring (bicyclic) bond motifs is 1. The third kappa shape index (κ3) is 5.36. The van der Waals surface area contributed by atoms with Crippen molar-refractivity contribution >= 4 is 46.1 Å². The molecule has 1 aliphatic heterocycles. The van der Waals surface area contributed by atoms with Crippen molar-refractivity contribution in [2.45, 2.75) is 25.4 Å². The molecule has 4 rings (SSSR count). The number of rotatable bonds is 5. The zero-order valence-corrected chi connectivity index (χ0v) is 18.6. The average molecular weight is 460 g/mol. The lowest BCUT2D eigenvalue weighted by Crippen LogP contribution is -2.45. The van der Waals surface area contributed by atoms with Gasteiger partial charge in [0.1, 0.15) is 5.52 Å². The SMILES string of the molecule is COc1nc2cc(Cl)cc(Cl)c2nc1NC(=O)NC1CCN(Cc2ccccc2)CC1. The summed E-state index contributed by atoms with van der Waals surface area (Å²) in [6.07, 6.45) is 1.76. The number of hydrogen-bond donors (Lipinski definition) is 2. The van der Waals surface area contributed by atoms with Crippen molar-refractivity contribution in [3.8, 4) is 5.88 Å². The molecule has 3 aromatic rings. The first-order valence-electron chi connectivity index (χ1n) is 10.1. The van der Waals surface area contributed by atoms with Crippen LogP contribution >= 0.6 is 23.2 Å². The summed E-state index contributed by atoms with van der Waals surface area (Å²) in [6, 6.07) is 13.4. The number of urea groups is 1. The summed E-state index contributed by atoms with van der Waals surface area (Å²) < 4.78 is 5.29. The number of carbonyl (C=O) groups excluding carboxylic acids is 1. The second-order valence-electron chi connectivity index (χ2n) is 7.47. The van der Waals surface area contributed by atoms with E-state index in [1.807, 2.05) is 6.07 Å². The van der Waals surface area contributed by atoms with Crippen LogP contribution in [0, 0.1) is 0 Å². The number of amides is 2. The Labute approximate surface area is 190 Å². The van der Waals surface area contributed by atoms with Crippen molar-refractivity contribution in [2.24, 2.45) is 0 Å². The highest BCUT2D eigenvalue weighted by Crippen LogP contribution is 2.30. The van der Waals surface area contributed by atoms with Crippen LogP contribution in [0.5, 0.6) is 5.88 Å². The lowest BCUT2D eigenvalue weighted by molar-refractivity contribution is 0.190. The predicted octanol–water partition coefficient (Wildman–Crippen LogP) is 4.73. The Morgan fingerprint density at radius 3 is 2.61 bits per heavy atom. The number of methoxy groups -OCH3 is 1. The van der Waals surface area contributed by atoms with E-state index in [0.29, 0.717) is 21.1 Å². The Morgan fingerprint density at radius 1 is 1.16 bits per heavy atom. The minimum Gasteiger partial charge on any atom is -0.478 e. The van der Waals surface area contributed by atoms with E-state index in [-0.39, 0.29) is 23.8 Å². The predicted molar refractivity (Wildman–Crippen MR) is 123 cm³/mol. The first kappa shape index (κ1) is 21.6. The summed E-state index contributed by atoms with van der Waals surface area (Å²) >= 11 is 12.3. The maximum Gasteiger partial charge on any atom is 0.320 e. The molecular formula is C22H23Cl2N5O2. The van der Waals surface area contributed by atoms with E-state index in [4.69, 9.17) is 27.9 Å². The van der Waals surface area contributed by atoms with E-state index in [9.17, 15) is 4.79 Å². The van der Waals surface area contributed by atoms with E-state index in [1.54, 1.807) is 12.1 Å². The van der Waals surface area contributed by atoms with Gasteiger partial charge in [-0.3, -0.25) is 10.2 Å². The molecule has 2 heterocycles. The standard InChI is InChI=1S/C22H23Cl2N5O2/c1-31-21-20(27-19-17(24)11-15(23)12-18(19)26-21)28-22(30)25-16-7-9-29(10-8-16)13-14-5-3-2-4-6-14/h2-6,11-12,16H,7-10,13H2,1H3,(H2,25,27,28,30). The van der Waals surface area contributed by atoms with Crippen LogP contribution in [-0.2, 0) is 6.54 Å². The van der Waals surface area contributed by atoms with Gasteiger partial charge in [-0.05, 0) is 30.5 Å². The quantitative estimate of drug-likeness (QED) is 0.576. The van der Waals surface area contributed by atoms with Gasteiger partial charge in [-0.15, -0.1) is 0 Å². The van der Waals surface area contributed by atoms with Gasteiger partial charge < -0.3 is 10.1 Å². The zero-order chi connectivity index (χ0) is 21.8. The molecule has 2 aromatic carbocycles. The van der Waals surface area contributed by atoms with Crippen LogP contribution in [0.1, 0.15) is 18.4 Å². The Bertz CT molecular complexity index is 1070. The van der Waals surface area contributed by atoms with Gasteiger partial charge in [-0.1, -0.05) is 53.5 Å². The lowest BCUT2D eigenvalue weighted by atomic mass is 10.0. The normalized spacial score (nSPS) is 15.1. The Balaban J connectivity index is 1.36. The van der Waals surface area contributed by atoms with Gasteiger partial charge in [-0.25, -0.2) is 14.8 Å². The summed E-state index contributed by atoms with van der Waals surface area (Å²) in [5, 5.41) is 6.56. The van der Waals surface area contributed by atoms with E-state index >= 15 is 0 Å². The molecule has 2 N–H and O–H groups in total. The number of ether oxygens (including phenoxy) is 1. The first-order valence-corrected chi connectivity index (χ1v) is 10.8. The number of aromatic nitrogens is 2. The highest BCUT2D eigenvalue weighted by Gasteiger charge is 2.22. The summed E-state index contributed by atoms with van der Waals surface area (Å²) in [4.78, 5) is 23.8. The van der Waals surface area contributed by atoms with Gasteiger partial charge in [0.2, 0.25) is 0 Å². The molecule has 1 fully saturated rings. The fourth-order valence-electron chi connectivity index (χ4n) is 3.70. The van der Waals surface area contributed by atoms with Gasteiger partial charge in [0.25, 0.3) is 5.88 Å². The molecule has 0 radical (unpaired) electrons. The third-order valence-electron chi connectivity index (χ3n) is 5.25. The number of benzene rings is 2. The summed E-state index contributed by atoms with van der Waals surface area (Å²) in [6.45, 7) is 2.78. The molecule has 0 saturated carbocycles. The topological polar surface area (TPSA) is 79.4 Å². The van der Waals surface area contributed by atoms with Crippen molar-refractivity contribution in [3.05, 3.63) is 58.1 Å². The summed E-state index contributed by atoms with van der Waals surface area (Å²) in [5.41, 5.74) is 2.23. The van der Waals surface area contributed by atoms with E-state index < -0.39 is 0 Å². The van der Waals surface area contributed by atoms with Crippen molar-refractivity contribution < 1.29 is 9.53 Å². The first-order chi connectivity index (χ1) is 15.0. The van der Waals surface area contributed by atoms with Crippen molar-refractivity contribution in [1.82, 2.24) is 20.2 Å². The van der Waals surface area contributed by atoms with E-state index in [1.165, 1.54) is 12.7 Å². The van der Waals surface area contributed by atoms with Gasteiger partial charge in [0.15, 0.2) is 5.82 Å². The smallest absolute Gasteiger partial charge is 0.320 e. The summed E-state index contributed by atoms with van der Waals surface area (Å²) in [7, 11) is 1.47. The van der Waals surface area contributed by atoms with Crippen LogP contribution in [0.4, 0.5) is 10.6 Å². The molecule has 162 valence electrons. The second-order valence-corrected chi connectivity index (χ2v) is 8.31. The van der Waals surface area contributed by atoms with Gasteiger partial charge in [-0.2, -0.15) is 0 Å². The average Bonchev–Trinajstić information content (AvgIpc) is 2.76. The fourth-order valence-corrected chi connectivity index (χ4v) is 4.22. The highest BCUT2D eigenvalue weighted by atomic mass is 35.5.